The van der Waals surface area contributed by atoms with Crippen LogP contribution in [0.1, 0.15) is 29.9 Å². The number of carbonyl (C=O) groups excluding carboxylic acids is 1. The van der Waals surface area contributed by atoms with Gasteiger partial charge in [-0.15, -0.1) is 0 Å². The van der Waals surface area contributed by atoms with Gasteiger partial charge in [-0.2, -0.15) is 11.8 Å². The summed E-state index contributed by atoms with van der Waals surface area (Å²) in [6, 6.07) is 0.144. The molecule has 4 nitrogen and oxygen atoms in total. The Morgan fingerprint density at radius 1 is 1.53 bits per heavy atom. The Bertz CT molecular complexity index is 558. The predicted octanol–water partition coefficient (Wildman–Crippen LogP) is 2.41. The average molecular weight is 345 g/mol. The third-order valence-corrected chi connectivity index (χ3v) is 5.87. The standard InChI is InChI=1S/C13H17BrN2O2S/c1-7-11(14)12(17)10(6-15-7)13(18)16-4-5-19-9(3)8(16)2/h6,8-9H,4-5H2,1-3H3,(H,15,17)/t8-,9-/m0/s1. The molecule has 0 aromatic carbocycles. The number of rotatable bonds is 1. The van der Waals surface area contributed by atoms with Crippen molar-refractivity contribution in [2.24, 2.45) is 0 Å². The van der Waals surface area contributed by atoms with Crippen LogP contribution in [0, 0.1) is 6.92 Å². The summed E-state index contributed by atoms with van der Waals surface area (Å²) in [6.07, 6.45) is 1.52. The molecule has 0 unspecified atom stereocenters. The molecule has 0 aliphatic carbocycles. The Kier molecular flexibility index (Phi) is 4.40. The van der Waals surface area contributed by atoms with Gasteiger partial charge in [0.1, 0.15) is 5.56 Å². The molecule has 1 fully saturated rings. The Labute approximate surface area is 125 Å². The maximum absolute atomic E-state index is 12.5. The first kappa shape index (κ1) is 14.7. The molecule has 0 spiro atoms. The second-order valence-electron chi connectivity index (χ2n) is 4.79. The van der Waals surface area contributed by atoms with E-state index in [4.69, 9.17) is 0 Å². The van der Waals surface area contributed by atoms with Gasteiger partial charge in [-0.3, -0.25) is 9.59 Å². The molecule has 6 heteroatoms. The highest BCUT2D eigenvalue weighted by molar-refractivity contribution is 9.10. The molecule has 0 bridgehead atoms. The summed E-state index contributed by atoms with van der Waals surface area (Å²) in [7, 11) is 0. The summed E-state index contributed by atoms with van der Waals surface area (Å²) in [5.74, 6) is 0.740. The van der Waals surface area contributed by atoms with E-state index in [9.17, 15) is 9.59 Å². The number of amides is 1. The SMILES string of the molecule is Cc1[nH]cc(C(=O)N2CCS[C@@H](C)[C@@H]2C)c(=O)c1Br. The van der Waals surface area contributed by atoms with Gasteiger partial charge in [-0.25, -0.2) is 0 Å². The third kappa shape index (κ3) is 2.74. The van der Waals surface area contributed by atoms with Gasteiger partial charge in [0, 0.05) is 35.5 Å². The lowest BCUT2D eigenvalue weighted by atomic mass is 10.1. The first-order valence-corrected chi connectivity index (χ1v) is 8.08. The second kappa shape index (κ2) is 5.71. The van der Waals surface area contributed by atoms with Crippen LogP contribution in [-0.4, -0.2) is 39.4 Å². The molecule has 19 heavy (non-hydrogen) atoms. The molecule has 1 saturated heterocycles. The summed E-state index contributed by atoms with van der Waals surface area (Å²) >= 11 is 5.09. The van der Waals surface area contributed by atoms with Gasteiger partial charge in [0.25, 0.3) is 5.91 Å². The van der Waals surface area contributed by atoms with Gasteiger partial charge in [0.15, 0.2) is 0 Å². The van der Waals surface area contributed by atoms with Crippen LogP contribution in [0.3, 0.4) is 0 Å². The average Bonchev–Trinajstić information content (AvgIpc) is 2.39. The van der Waals surface area contributed by atoms with Crippen molar-refractivity contribution in [3.8, 4) is 0 Å². The van der Waals surface area contributed by atoms with Crippen LogP contribution in [0.15, 0.2) is 15.5 Å². The van der Waals surface area contributed by atoms with Crippen molar-refractivity contribution >= 4 is 33.6 Å². The smallest absolute Gasteiger partial charge is 0.259 e. The Morgan fingerprint density at radius 3 is 2.89 bits per heavy atom. The number of nitrogens with one attached hydrogen (secondary N) is 1. The van der Waals surface area contributed by atoms with Gasteiger partial charge in [0.2, 0.25) is 5.43 Å². The zero-order chi connectivity index (χ0) is 14.2. The van der Waals surface area contributed by atoms with E-state index < -0.39 is 0 Å². The van der Waals surface area contributed by atoms with Crippen molar-refractivity contribution in [3.05, 3.63) is 32.2 Å². The van der Waals surface area contributed by atoms with Gasteiger partial charge in [-0.05, 0) is 29.8 Å². The number of thioether (sulfide) groups is 1. The minimum absolute atomic E-state index is 0.144. The number of pyridine rings is 1. The minimum Gasteiger partial charge on any atom is -0.363 e. The topological polar surface area (TPSA) is 53.2 Å². The van der Waals surface area contributed by atoms with Crippen LogP contribution in [0.4, 0.5) is 0 Å². The highest BCUT2D eigenvalue weighted by atomic mass is 79.9. The highest BCUT2D eigenvalue weighted by Crippen LogP contribution is 2.25. The van der Waals surface area contributed by atoms with Gasteiger partial charge < -0.3 is 9.88 Å². The van der Waals surface area contributed by atoms with Crippen LogP contribution in [-0.2, 0) is 0 Å². The number of H-pyrrole nitrogens is 1. The Hall–Kier alpha value is -0.750. The number of halogens is 1. The Morgan fingerprint density at radius 2 is 2.21 bits per heavy atom. The summed E-state index contributed by atoms with van der Waals surface area (Å²) in [5, 5.41) is 0.394. The summed E-state index contributed by atoms with van der Waals surface area (Å²) in [4.78, 5) is 29.4. The zero-order valence-electron chi connectivity index (χ0n) is 11.2. The quantitative estimate of drug-likeness (QED) is 0.851. The van der Waals surface area contributed by atoms with Crippen molar-refractivity contribution in [2.75, 3.05) is 12.3 Å². The molecule has 104 valence electrons. The number of aromatic nitrogens is 1. The molecule has 1 aromatic heterocycles. The fourth-order valence-corrected chi connectivity index (χ4v) is 3.56. The molecule has 1 aromatic rings. The molecule has 2 heterocycles. The first-order chi connectivity index (χ1) is 8.93. The monoisotopic (exact) mass is 344 g/mol. The largest absolute Gasteiger partial charge is 0.363 e. The summed E-state index contributed by atoms with van der Waals surface area (Å²) in [6.45, 7) is 6.64. The van der Waals surface area contributed by atoms with E-state index in [1.54, 1.807) is 11.8 Å². The van der Waals surface area contributed by atoms with Gasteiger partial charge in [0.05, 0.1) is 4.47 Å². The number of aromatic amines is 1. The lowest BCUT2D eigenvalue weighted by molar-refractivity contribution is 0.0696. The normalized spacial score (nSPS) is 23.5. The fourth-order valence-electron chi connectivity index (χ4n) is 2.13. The highest BCUT2D eigenvalue weighted by Gasteiger charge is 2.30. The van der Waals surface area contributed by atoms with E-state index >= 15 is 0 Å². The molecule has 0 saturated carbocycles. The molecule has 1 amide bonds. The van der Waals surface area contributed by atoms with Crippen LogP contribution >= 0.6 is 27.7 Å². The van der Waals surface area contributed by atoms with Gasteiger partial charge in [-0.1, -0.05) is 6.92 Å². The minimum atomic E-state index is -0.237. The molecule has 2 atom stereocenters. The molecule has 2 rings (SSSR count). The lowest BCUT2D eigenvalue weighted by Gasteiger charge is -2.37. The third-order valence-electron chi connectivity index (χ3n) is 3.58. The predicted molar refractivity (Wildman–Crippen MR) is 81.9 cm³/mol. The van der Waals surface area contributed by atoms with E-state index in [1.165, 1.54) is 6.20 Å². The van der Waals surface area contributed by atoms with E-state index in [0.717, 1.165) is 11.4 Å². The zero-order valence-corrected chi connectivity index (χ0v) is 13.6. The molecular weight excluding hydrogens is 328 g/mol. The lowest BCUT2D eigenvalue weighted by Crippen LogP contribution is -2.49. The van der Waals surface area contributed by atoms with E-state index in [2.05, 4.69) is 27.8 Å². The van der Waals surface area contributed by atoms with Crippen LogP contribution < -0.4 is 5.43 Å². The van der Waals surface area contributed by atoms with E-state index in [1.807, 2.05) is 18.7 Å². The molecule has 1 aliphatic rings. The van der Waals surface area contributed by atoms with Crippen LogP contribution in [0.2, 0.25) is 0 Å². The number of hydrogen-bond acceptors (Lipinski definition) is 3. The maximum Gasteiger partial charge on any atom is 0.259 e. The number of nitrogens with zero attached hydrogens (tertiary/aromatic N) is 1. The Balaban J connectivity index is 2.35. The van der Waals surface area contributed by atoms with Crippen molar-refractivity contribution in [1.82, 2.24) is 9.88 Å². The van der Waals surface area contributed by atoms with Crippen molar-refractivity contribution in [1.29, 1.82) is 0 Å². The number of carbonyl (C=O) groups is 1. The van der Waals surface area contributed by atoms with Gasteiger partial charge >= 0.3 is 0 Å². The summed E-state index contributed by atoms with van der Waals surface area (Å²) in [5.41, 5.74) is 0.708. The first-order valence-electron chi connectivity index (χ1n) is 6.24. The van der Waals surface area contributed by atoms with E-state index in [0.29, 0.717) is 16.3 Å². The molecule has 1 N–H and O–H groups in total. The van der Waals surface area contributed by atoms with Crippen molar-refractivity contribution < 1.29 is 4.79 Å². The molecule has 0 radical (unpaired) electrons. The second-order valence-corrected chi connectivity index (χ2v) is 7.06. The number of aryl methyl sites for hydroxylation is 1. The molecule has 1 aliphatic heterocycles. The van der Waals surface area contributed by atoms with Crippen LogP contribution in [0.25, 0.3) is 0 Å². The van der Waals surface area contributed by atoms with Crippen molar-refractivity contribution in [3.63, 3.8) is 0 Å². The van der Waals surface area contributed by atoms with E-state index in [-0.39, 0.29) is 22.9 Å². The summed E-state index contributed by atoms with van der Waals surface area (Å²) < 4.78 is 0.436. The van der Waals surface area contributed by atoms with Crippen molar-refractivity contribution in [2.45, 2.75) is 32.1 Å². The fraction of sp³-hybridized carbons (Fsp3) is 0.538. The maximum atomic E-state index is 12.5. The van der Waals surface area contributed by atoms with Crippen LogP contribution in [0.5, 0.6) is 0 Å². The number of hydrogen-bond donors (Lipinski definition) is 1. The molecular formula is C13H17BrN2O2S.